The standard InChI is InChI=1S/C4H5NOS/c6-4-5-2-1-3-7-5/h1-2,4H,3H2. The van der Waals surface area contributed by atoms with E-state index >= 15 is 0 Å². The Labute approximate surface area is 46.3 Å². The van der Waals surface area contributed by atoms with Crippen LogP contribution in [0.15, 0.2) is 12.3 Å². The van der Waals surface area contributed by atoms with Crippen molar-refractivity contribution in [1.82, 2.24) is 4.31 Å². The summed E-state index contributed by atoms with van der Waals surface area (Å²) in [4.78, 5) is 9.86. The highest BCUT2D eigenvalue weighted by molar-refractivity contribution is 7.97. The summed E-state index contributed by atoms with van der Waals surface area (Å²) in [7, 11) is 0. The van der Waals surface area contributed by atoms with Crippen molar-refractivity contribution in [1.29, 1.82) is 0 Å². The lowest BCUT2D eigenvalue weighted by Crippen LogP contribution is -1.98. The molecule has 0 aromatic rings. The third-order valence-electron chi connectivity index (χ3n) is 0.676. The van der Waals surface area contributed by atoms with E-state index in [1.165, 1.54) is 11.9 Å². The van der Waals surface area contributed by atoms with Gasteiger partial charge in [-0.15, -0.1) is 0 Å². The highest BCUT2D eigenvalue weighted by Gasteiger charge is 1.99. The minimum absolute atomic E-state index is 0.800. The van der Waals surface area contributed by atoms with Gasteiger partial charge in [-0.3, -0.25) is 9.10 Å². The molecule has 0 spiro atoms. The molecule has 1 rings (SSSR count). The Morgan fingerprint density at radius 3 is 3.00 bits per heavy atom. The number of rotatable bonds is 1. The van der Waals surface area contributed by atoms with E-state index in [9.17, 15) is 4.79 Å². The second kappa shape index (κ2) is 2.02. The van der Waals surface area contributed by atoms with Crippen LogP contribution >= 0.6 is 11.9 Å². The average molecular weight is 115 g/mol. The Morgan fingerprint density at radius 2 is 2.71 bits per heavy atom. The maximum atomic E-state index is 9.86. The van der Waals surface area contributed by atoms with Crippen LogP contribution < -0.4 is 0 Å². The maximum Gasteiger partial charge on any atom is 0.223 e. The molecule has 0 fully saturated rings. The molecule has 0 unspecified atom stereocenters. The summed E-state index contributed by atoms with van der Waals surface area (Å²) in [6.07, 6.45) is 4.50. The van der Waals surface area contributed by atoms with E-state index in [0.717, 1.165) is 12.2 Å². The SMILES string of the molecule is O=CN1C=CCS1. The molecule has 0 saturated heterocycles. The molecule has 0 saturated carbocycles. The fraction of sp³-hybridized carbons (Fsp3) is 0.250. The topological polar surface area (TPSA) is 20.3 Å². The van der Waals surface area contributed by atoms with Crippen LogP contribution in [0.4, 0.5) is 0 Å². The van der Waals surface area contributed by atoms with E-state index in [1.807, 2.05) is 6.08 Å². The van der Waals surface area contributed by atoms with Crippen LogP contribution in [0, 0.1) is 0 Å². The summed E-state index contributed by atoms with van der Waals surface area (Å²) in [5.41, 5.74) is 0. The highest BCUT2D eigenvalue weighted by atomic mass is 32.2. The van der Waals surface area contributed by atoms with Crippen molar-refractivity contribution in [2.24, 2.45) is 0 Å². The van der Waals surface area contributed by atoms with Crippen LogP contribution in [0.25, 0.3) is 0 Å². The number of carbonyl (C=O) groups is 1. The van der Waals surface area contributed by atoms with Crippen LogP contribution in [-0.2, 0) is 4.79 Å². The van der Waals surface area contributed by atoms with Gasteiger partial charge in [-0.2, -0.15) is 0 Å². The first-order chi connectivity index (χ1) is 3.43. The second-order valence-corrected chi connectivity index (χ2v) is 2.16. The van der Waals surface area contributed by atoms with Crippen molar-refractivity contribution in [2.45, 2.75) is 0 Å². The zero-order valence-corrected chi connectivity index (χ0v) is 4.52. The summed E-state index contributed by atoms with van der Waals surface area (Å²) < 4.78 is 1.54. The number of carbonyl (C=O) groups excluding carboxylic acids is 1. The molecule has 1 aliphatic rings. The van der Waals surface area contributed by atoms with Crippen molar-refractivity contribution < 1.29 is 4.79 Å². The van der Waals surface area contributed by atoms with Gasteiger partial charge in [-0.05, 0) is 11.9 Å². The van der Waals surface area contributed by atoms with Crippen molar-refractivity contribution in [3.63, 3.8) is 0 Å². The number of hydrogen-bond donors (Lipinski definition) is 0. The minimum Gasteiger partial charge on any atom is -0.277 e. The summed E-state index contributed by atoms with van der Waals surface area (Å²) in [5, 5.41) is 0. The summed E-state index contributed by atoms with van der Waals surface area (Å²) in [6.45, 7) is 0. The number of nitrogens with zero attached hydrogens (tertiary/aromatic N) is 1. The van der Waals surface area contributed by atoms with Crippen LogP contribution in [0.5, 0.6) is 0 Å². The fourth-order valence-electron chi connectivity index (χ4n) is 0.385. The van der Waals surface area contributed by atoms with Gasteiger partial charge in [0.1, 0.15) is 0 Å². The molecular weight excluding hydrogens is 110 g/mol. The second-order valence-electron chi connectivity index (χ2n) is 1.15. The van der Waals surface area contributed by atoms with Gasteiger partial charge in [0.25, 0.3) is 0 Å². The Hall–Kier alpha value is -0.440. The molecule has 1 heterocycles. The van der Waals surface area contributed by atoms with Gasteiger partial charge in [-0.25, -0.2) is 0 Å². The Kier molecular flexibility index (Phi) is 1.36. The first kappa shape index (κ1) is 4.71. The van der Waals surface area contributed by atoms with Gasteiger partial charge in [0, 0.05) is 12.0 Å². The molecule has 0 aromatic carbocycles. The van der Waals surface area contributed by atoms with Gasteiger partial charge in [-0.1, -0.05) is 6.08 Å². The van der Waals surface area contributed by atoms with E-state index in [0.29, 0.717) is 0 Å². The third kappa shape index (κ3) is 0.962. The van der Waals surface area contributed by atoms with Crippen LogP contribution in [-0.4, -0.2) is 16.5 Å². The molecule has 2 nitrogen and oxygen atoms in total. The lowest BCUT2D eigenvalue weighted by molar-refractivity contribution is -0.112. The molecule has 1 aliphatic heterocycles. The quantitative estimate of drug-likeness (QED) is 0.369. The lowest BCUT2D eigenvalue weighted by Gasteiger charge is -1.98. The normalized spacial score (nSPS) is 18.0. The van der Waals surface area contributed by atoms with Gasteiger partial charge in [0.2, 0.25) is 6.41 Å². The van der Waals surface area contributed by atoms with Crippen molar-refractivity contribution in [2.75, 3.05) is 5.75 Å². The molecule has 1 amide bonds. The molecule has 38 valence electrons. The van der Waals surface area contributed by atoms with E-state index in [2.05, 4.69) is 0 Å². The predicted octanol–water partition coefficient (Wildman–Crippen LogP) is 0.620. The number of amides is 1. The molecular formula is C4H5NOS. The average Bonchev–Trinajstić information content (AvgIpc) is 2.14. The summed E-state index contributed by atoms with van der Waals surface area (Å²) in [6, 6.07) is 0. The van der Waals surface area contributed by atoms with Crippen LogP contribution in [0.3, 0.4) is 0 Å². The first-order valence-electron chi connectivity index (χ1n) is 1.96. The Morgan fingerprint density at radius 1 is 1.86 bits per heavy atom. The van der Waals surface area contributed by atoms with Gasteiger partial charge < -0.3 is 0 Å². The first-order valence-corrected chi connectivity index (χ1v) is 2.91. The third-order valence-corrected chi connectivity index (χ3v) is 1.52. The van der Waals surface area contributed by atoms with Crippen LogP contribution in [0.1, 0.15) is 0 Å². The smallest absolute Gasteiger partial charge is 0.223 e. The molecule has 0 aliphatic carbocycles. The molecule has 0 radical (unpaired) electrons. The Bertz CT molecular complexity index is 102. The zero-order chi connectivity index (χ0) is 5.11. The largest absolute Gasteiger partial charge is 0.277 e. The number of hydrogen-bond acceptors (Lipinski definition) is 2. The molecule has 0 atom stereocenters. The molecule has 0 aromatic heterocycles. The molecule has 0 N–H and O–H groups in total. The van der Waals surface area contributed by atoms with Crippen molar-refractivity contribution in [3.05, 3.63) is 12.3 Å². The monoisotopic (exact) mass is 115 g/mol. The molecule has 7 heavy (non-hydrogen) atoms. The van der Waals surface area contributed by atoms with Gasteiger partial charge in [0.05, 0.1) is 0 Å². The fourth-order valence-corrected chi connectivity index (χ4v) is 0.962. The van der Waals surface area contributed by atoms with Crippen LogP contribution in [0.2, 0.25) is 0 Å². The summed E-state index contributed by atoms with van der Waals surface area (Å²) in [5.74, 6) is 0.929. The van der Waals surface area contributed by atoms with Gasteiger partial charge in [0.15, 0.2) is 0 Å². The van der Waals surface area contributed by atoms with E-state index in [-0.39, 0.29) is 0 Å². The lowest BCUT2D eigenvalue weighted by atomic mass is 10.7. The predicted molar refractivity (Wildman–Crippen MR) is 29.5 cm³/mol. The minimum atomic E-state index is 0.800. The molecule has 3 heteroatoms. The zero-order valence-electron chi connectivity index (χ0n) is 3.70. The van der Waals surface area contributed by atoms with E-state index < -0.39 is 0 Å². The van der Waals surface area contributed by atoms with Gasteiger partial charge >= 0.3 is 0 Å². The summed E-state index contributed by atoms with van der Waals surface area (Å²) >= 11 is 1.50. The van der Waals surface area contributed by atoms with Crippen molar-refractivity contribution in [3.8, 4) is 0 Å². The van der Waals surface area contributed by atoms with E-state index in [4.69, 9.17) is 0 Å². The van der Waals surface area contributed by atoms with E-state index in [1.54, 1.807) is 10.5 Å². The molecule has 0 bridgehead atoms. The van der Waals surface area contributed by atoms with Crippen molar-refractivity contribution >= 4 is 18.4 Å². The highest BCUT2D eigenvalue weighted by Crippen LogP contribution is 2.13. The maximum absolute atomic E-state index is 9.86. The Balaban J connectivity index is 2.42.